The van der Waals surface area contributed by atoms with Crippen molar-refractivity contribution in [3.63, 3.8) is 0 Å². The molecule has 1 spiro atoms. The van der Waals surface area contributed by atoms with Crippen molar-refractivity contribution in [1.29, 1.82) is 0 Å². The summed E-state index contributed by atoms with van der Waals surface area (Å²) in [4.78, 5) is 25.7. The second-order valence-electron chi connectivity index (χ2n) is 10.3. The monoisotopic (exact) mass is 537 g/mol. The standard InChI is InChI=1S/C28H29ClFN5O3/c1-34-11-7-16(8-12-34)17-13-23(37-3)21(14-20(17)30)32-27-31-15-19(29)25(33-27)38-22-6-4-5-18-24(22)26(36)35(2)28(18)9-10-28/h4-6,13-16H,7-12H2,1-3H3,(H,31,32,33). The summed E-state index contributed by atoms with van der Waals surface area (Å²) in [6.07, 6.45) is 5.06. The number of hydrogen-bond donors (Lipinski definition) is 1. The van der Waals surface area contributed by atoms with Crippen molar-refractivity contribution in [3.05, 3.63) is 64.1 Å². The van der Waals surface area contributed by atoms with Crippen LogP contribution in [0.4, 0.5) is 16.0 Å². The van der Waals surface area contributed by atoms with Crippen molar-refractivity contribution in [1.82, 2.24) is 19.8 Å². The molecule has 1 amide bonds. The zero-order chi connectivity index (χ0) is 26.6. The van der Waals surface area contributed by atoms with E-state index in [-0.39, 0.29) is 40.0 Å². The van der Waals surface area contributed by atoms with E-state index in [9.17, 15) is 4.79 Å². The van der Waals surface area contributed by atoms with Gasteiger partial charge in [0.15, 0.2) is 0 Å². The zero-order valence-corrected chi connectivity index (χ0v) is 22.3. The van der Waals surface area contributed by atoms with Gasteiger partial charge in [-0.2, -0.15) is 4.98 Å². The Kier molecular flexibility index (Phi) is 6.15. The fourth-order valence-corrected chi connectivity index (χ4v) is 5.80. The van der Waals surface area contributed by atoms with E-state index >= 15 is 4.39 Å². The van der Waals surface area contributed by atoms with E-state index in [4.69, 9.17) is 21.1 Å². The molecular formula is C28H29ClFN5O3. The van der Waals surface area contributed by atoms with Crippen molar-refractivity contribution in [2.24, 2.45) is 0 Å². The van der Waals surface area contributed by atoms with Crippen LogP contribution in [-0.4, -0.2) is 60.0 Å². The van der Waals surface area contributed by atoms with Crippen LogP contribution in [0.25, 0.3) is 0 Å². The molecule has 0 atom stereocenters. The van der Waals surface area contributed by atoms with Crippen molar-refractivity contribution in [3.8, 4) is 17.4 Å². The van der Waals surface area contributed by atoms with E-state index in [1.54, 1.807) is 24.1 Å². The maximum Gasteiger partial charge on any atom is 0.258 e. The second kappa shape index (κ2) is 9.39. The SMILES string of the molecule is COc1cc(C2CCN(C)CC2)c(F)cc1Nc1ncc(Cl)c(Oc2cccc3c2C(=O)N(C)C32CC2)n1. The number of amides is 1. The molecule has 3 aromatic rings. The number of carbonyl (C=O) groups excluding carboxylic acids is 1. The van der Waals surface area contributed by atoms with Gasteiger partial charge in [-0.25, -0.2) is 9.37 Å². The van der Waals surface area contributed by atoms with E-state index in [2.05, 4.69) is 27.2 Å². The van der Waals surface area contributed by atoms with Crippen LogP contribution in [-0.2, 0) is 5.54 Å². The van der Waals surface area contributed by atoms with Gasteiger partial charge in [-0.1, -0.05) is 23.7 Å². The van der Waals surface area contributed by atoms with Gasteiger partial charge in [0.25, 0.3) is 5.91 Å². The van der Waals surface area contributed by atoms with Gasteiger partial charge in [-0.3, -0.25) is 4.79 Å². The summed E-state index contributed by atoms with van der Waals surface area (Å²) in [6.45, 7) is 1.86. The normalized spacial score (nSPS) is 18.6. The van der Waals surface area contributed by atoms with Crippen molar-refractivity contribution in [2.45, 2.75) is 37.1 Å². The maximum absolute atomic E-state index is 15.2. The van der Waals surface area contributed by atoms with E-state index < -0.39 is 0 Å². The number of ether oxygens (including phenoxy) is 2. The Morgan fingerprint density at radius 3 is 2.63 bits per heavy atom. The lowest BCUT2D eigenvalue weighted by Gasteiger charge is -2.29. The van der Waals surface area contributed by atoms with Crippen LogP contribution in [0, 0.1) is 5.82 Å². The molecule has 198 valence electrons. The minimum Gasteiger partial charge on any atom is -0.495 e. The molecule has 38 heavy (non-hydrogen) atoms. The van der Waals surface area contributed by atoms with Crippen LogP contribution in [0.3, 0.4) is 0 Å². The number of nitrogens with zero attached hydrogens (tertiary/aromatic N) is 4. The molecule has 0 unspecified atom stereocenters. The molecular weight excluding hydrogens is 509 g/mol. The Morgan fingerprint density at radius 2 is 1.92 bits per heavy atom. The van der Waals surface area contributed by atoms with E-state index in [0.717, 1.165) is 44.3 Å². The fraction of sp³-hybridized carbons (Fsp3) is 0.393. The fourth-order valence-electron chi connectivity index (χ4n) is 5.67. The molecule has 1 N–H and O–H groups in total. The van der Waals surface area contributed by atoms with Crippen LogP contribution < -0.4 is 14.8 Å². The molecule has 3 heterocycles. The van der Waals surface area contributed by atoms with Gasteiger partial charge in [0.2, 0.25) is 11.8 Å². The third-order valence-electron chi connectivity index (χ3n) is 8.05. The Hall–Kier alpha value is -3.43. The minimum atomic E-state index is -0.301. The smallest absolute Gasteiger partial charge is 0.258 e. The van der Waals surface area contributed by atoms with Crippen LogP contribution in [0.2, 0.25) is 5.02 Å². The van der Waals surface area contributed by atoms with Crippen molar-refractivity contribution in [2.75, 3.05) is 39.6 Å². The molecule has 3 aliphatic rings. The number of nitrogens with one attached hydrogen (secondary N) is 1. The first-order chi connectivity index (χ1) is 18.3. The number of rotatable bonds is 6. The highest BCUT2D eigenvalue weighted by Gasteiger charge is 2.57. The molecule has 1 aromatic heterocycles. The average Bonchev–Trinajstić information content (AvgIpc) is 3.69. The highest BCUT2D eigenvalue weighted by molar-refractivity contribution is 6.31. The summed E-state index contributed by atoms with van der Waals surface area (Å²) >= 11 is 6.37. The summed E-state index contributed by atoms with van der Waals surface area (Å²) in [6, 6.07) is 8.75. The Balaban J connectivity index is 1.27. The van der Waals surface area contributed by atoms with E-state index in [0.29, 0.717) is 28.3 Å². The van der Waals surface area contributed by atoms with Gasteiger partial charge in [0.05, 0.1) is 30.1 Å². The van der Waals surface area contributed by atoms with Gasteiger partial charge >= 0.3 is 0 Å². The summed E-state index contributed by atoms with van der Waals surface area (Å²) < 4.78 is 26.9. The predicted molar refractivity (Wildman–Crippen MR) is 142 cm³/mol. The number of likely N-dealkylation sites (tertiary alicyclic amines) is 1. The summed E-state index contributed by atoms with van der Waals surface area (Å²) in [5, 5.41) is 3.22. The number of halogens is 2. The summed E-state index contributed by atoms with van der Waals surface area (Å²) in [7, 11) is 5.45. The quantitative estimate of drug-likeness (QED) is 0.432. The molecule has 1 aliphatic carbocycles. The molecule has 1 saturated carbocycles. The number of methoxy groups -OCH3 is 1. The lowest BCUT2D eigenvalue weighted by atomic mass is 9.89. The van der Waals surface area contributed by atoms with Crippen LogP contribution in [0.5, 0.6) is 17.4 Å². The van der Waals surface area contributed by atoms with Gasteiger partial charge in [-0.05, 0) is 75.0 Å². The summed E-state index contributed by atoms with van der Waals surface area (Å²) in [5.41, 5.74) is 2.32. The first-order valence-corrected chi connectivity index (χ1v) is 13.1. The molecule has 2 aliphatic heterocycles. The number of carbonyl (C=O) groups is 1. The number of piperidine rings is 1. The van der Waals surface area contributed by atoms with Gasteiger partial charge < -0.3 is 24.6 Å². The molecule has 2 fully saturated rings. The first-order valence-electron chi connectivity index (χ1n) is 12.8. The zero-order valence-electron chi connectivity index (χ0n) is 21.6. The second-order valence-corrected chi connectivity index (χ2v) is 10.7. The van der Waals surface area contributed by atoms with Crippen LogP contribution >= 0.6 is 11.6 Å². The van der Waals surface area contributed by atoms with Crippen LogP contribution in [0.1, 0.15) is 53.1 Å². The average molecular weight is 538 g/mol. The molecule has 8 nitrogen and oxygen atoms in total. The third kappa shape index (κ3) is 4.14. The maximum atomic E-state index is 15.2. The number of benzene rings is 2. The molecule has 1 saturated heterocycles. The lowest BCUT2D eigenvalue weighted by molar-refractivity contribution is 0.0753. The number of anilines is 2. The highest BCUT2D eigenvalue weighted by Crippen LogP contribution is 2.57. The Bertz CT molecular complexity index is 1420. The van der Waals surface area contributed by atoms with Gasteiger partial charge in [0, 0.05) is 13.1 Å². The molecule has 0 bridgehead atoms. The van der Waals surface area contributed by atoms with E-state index in [1.807, 2.05) is 19.2 Å². The Morgan fingerprint density at radius 1 is 1.16 bits per heavy atom. The third-order valence-corrected chi connectivity index (χ3v) is 8.31. The Labute approximate surface area is 225 Å². The topological polar surface area (TPSA) is 79.8 Å². The number of aromatic nitrogens is 2. The minimum absolute atomic E-state index is 0.0819. The molecule has 6 rings (SSSR count). The highest BCUT2D eigenvalue weighted by atomic mass is 35.5. The molecule has 2 aromatic carbocycles. The van der Waals surface area contributed by atoms with E-state index in [1.165, 1.54) is 12.3 Å². The molecule has 10 heteroatoms. The summed E-state index contributed by atoms with van der Waals surface area (Å²) in [5.74, 6) is 0.888. The van der Waals surface area contributed by atoms with Gasteiger partial charge in [-0.15, -0.1) is 0 Å². The first kappa shape index (κ1) is 24.9. The van der Waals surface area contributed by atoms with Crippen molar-refractivity contribution >= 4 is 29.1 Å². The van der Waals surface area contributed by atoms with Crippen molar-refractivity contribution < 1.29 is 18.7 Å². The van der Waals surface area contributed by atoms with Crippen LogP contribution in [0.15, 0.2) is 36.5 Å². The largest absolute Gasteiger partial charge is 0.495 e. The number of hydrogen-bond acceptors (Lipinski definition) is 7. The van der Waals surface area contributed by atoms with Gasteiger partial charge in [0.1, 0.15) is 22.3 Å². The number of fused-ring (bicyclic) bond motifs is 2. The molecule has 0 radical (unpaired) electrons. The predicted octanol–water partition coefficient (Wildman–Crippen LogP) is 5.70. The lowest BCUT2D eigenvalue weighted by Crippen LogP contribution is -2.29.